The van der Waals surface area contributed by atoms with Gasteiger partial charge in [-0.2, -0.15) is 0 Å². The fraction of sp³-hybridized carbons (Fsp3) is 0.242. The van der Waals surface area contributed by atoms with E-state index in [9.17, 15) is 14.4 Å². The van der Waals surface area contributed by atoms with Gasteiger partial charge in [-0.15, -0.1) is 0 Å². The molecule has 0 unspecified atom stereocenters. The van der Waals surface area contributed by atoms with Crippen LogP contribution in [0.2, 0.25) is 0 Å². The molecule has 0 saturated carbocycles. The average Bonchev–Trinajstić information content (AvgIpc) is 2.96. The number of carbonyl (C=O) groups is 2. The molecule has 202 valence electrons. The van der Waals surface area contributed by atoms with Gasteiger partial charge in [0, 0.05) is 44.6 Å². The molecule has 7 nitrogen and oxygen atoms in total. The number of carbonyl (C=O) groups excluding carboxylic acids is 2. The van der Waals surface area contributed by atoms with Crippen LogP contribution in [-0.2, 0) is 16.0 Å². The number of amides is 2. The predicted octanol–water partition coefficient (Wildman–Crippen LogP) is 4.38. The molecule has 6 rings (SSSR count). The minimum atomic E-state index is -0.299. The van der Waals surface area contributed by atoms with Gasteiger partial charge in [-0.25, -0.2) is 0 Å². The largest absolute Gasteiger partial charge is 0.377 e. The van der Waals surface area contributed by atoms with Gasteiger partial charge in [0.15, 0.2) is 0 Å². The van der Waals surface area contributed by atoms with Crippen LogP contribution < -0.4 is 10.9 Å². The second-order valence-electron chi connectivity index (χ2n) is 10.2. The van der Waals surface area contributed by atoms with Gasteiger partial charge in [0.1, 0.15) is 0 Å². The number of aromatic nitrogens is 1. The van der Waals surface area contributed by atoms with Gasteiger partial charge >= 0.3 is 0 Å². The molecule has 4 aromatic carbocycles. The van der Waals surface area contributed by atoms with E-state index in [4.69, 9.17) is 9.47 Å². The minimum Gasteiger partial charge on any atom is -0.377 e. The molecule has 2 amide bonds. The molecule has 0 radical (unpaired) electrons. The molecule has 1 aromatic heterocycles. The molecule has 0 aliphatic carbocycles. The van der Waals surface area contributed by atoms with Crippen molar-refractivity contribution in [3.63, 3.8) is 0 Å². The van der Waals surface area contributed by atoms with E-state index in [2.05, 4.69) is 12.6 Å². The molecule has 0 N–H and O–H groups in total. The summed E-state index contributed by atoms with van der Waals surface area (Å²) in [7, 11) is 0. The summed E-state index contributed by atoms with van der Waals surface area (Å²) in [5.41, 5.74) is 3.18. The van der Waals surface area contributed by atoms with E-state index in [0.29, 0.717) is 48.2 Å². The first-order valence-electron chi connectivity index (χ1n) is 13.5. The van der Waals surface area contributed by atoms with Crippen molar-refractivity contribution in [2.24, 2.45) is 0 Å². The zero-order valence-electron chi connectivity index (χ0n) is 22.7. The molecule has 0 bridgehead atoms. The van der Waals surface area contributed by atoms with E-state index < -0.39 is 0 Å². The van der Waals surface area contributed by atoms with Crippen LogP contribution in [0, 0.1) is 13.8 Å². The molecular weight excluding hydrogens is 504 g/mol. The molecular formula is C33H30N2O5. The van der Waals surface area contributed by atoms with E-state index in [-0.39, 0.29) is 30.5 Å². The second-order valence-corrected chi connectivity index (χ2v) is 10.2. The Morgan fingerprint density at radius 1 is 0.625 bits per heavy atom. The third-order valence-electron chi connectivity index (χ3n) is 7.87. The Bertz CT molecular complexity index is 1870. The molecule has 0 spiro atoms. The van der Waals surface area contributed by atoms with Crippen molar-refractivity contribution in [3.05, 3.63) is 98.6 Å². The van der Waals surface area contributed by atoms with Crippen LogP contribution in [0.3, 0.4) is 0 Å². The average molecular weight is 535 g/mol. The molecule has 2 heterocycles. The highest BCUT2D eigenvalue weighted by Crippen LogP contribution is 2.31. The standard InChI is InChI=1S/C33H30N2O5/c1-20-10-12-25-22(3)34(31(36)26-8-4-6-23(20)29(25)26)14-16-39-18-19-40-17-15-35-32(37)27-9-5-7-24-21(2)11-13-28(30(24)27)33(35)38/h4-13H,3,14-19H2,1-2H3. The van der Waals surface area contributed by atoms with Gasteiger partial charge in [0.25, 0.3) is 17.4 Å². The summed E-state index contributed by atoms with van der Waals surface area (Å²) < 4.78 is 13.1. The molecule has 0 fully saturated rings. The summed E-state index contributed by atoms with van der Waals surface area (Å²) in [5.74, 6) is -0.597. The number of nitrogens with zero attached hydrogens (tertiary/aromatic N) is 2. The fourth-order valence-electron chi connectivity index (χ4n) is 5.75. The maximum absolute atomic E-state index is 13.2. The SMILES string of the molecule is C=c1c2ccc(C)c3cccc(c(=O)n1CCOCCOCCN1C(=O)c4cccc5c(C)ccc(c45)C1=O)c32. The number of rotatable bonds is 9. The molecule has 0 atom stereocenters. The van der Waals surface area contributed by atoms with E-state index in [1.165, 1.54) is 4.90 Å². The van der Waals surface area contributed by atoms with E-state index in [1.807, 2.05) is 56.3 Å². The number of benzene rings is 4. The van der Waals surface area contributed by atoms with E-state index in [1.54, 1.807) is 16.7 Å². The number of pyridine rings is 1. The number of hydrogen-bond donors (Lipinski definition) is 0. The Kier molecular flexibility index (Phi) is 6.70. The molecule has 5 aromatic rings. The van der Waals surface area contributed by atoms with E-state index in [0.717, 1.165) is 38.1 Å². The first kappa shape index (κ1) is 25.9. The van der Waals surface area contributed by atoms with Gasteiger partial charge < -0.3 is 14.0 Å². The number of ether oxygens (including phenoxy) is 2. The zero-order chi connectivity index (χ0) is 28.0. The highest BCUT2D eigenvalue weighted by molar-refractivity contribution is 6.25. The predicted molar refractivity (Wildman–Crippen MR) is 157 cm³/mol. The number of hydrogen-bond acceptors (Lipinski definition) is 5. The topological polar surface area (TPSA) is 77.8 Å². The van der Waals surface area contributed by atoms with Crippen LogP contribution in [0.15, 0.2) is 65.5 Å². The zero-order valence-corrected chi connectivity index (χ0v) is 22.7. The van der Waals surface area contributed by atoms with Crippen LogP contribution in [0.4, 0.5) is 0 Å². The maximum Gasteiger partial charge on any atom is 0.261 e. The Hall–Kier alpha value is -4.33. The van der Waals surface area contributed by atoms with E-state index >= 15 is 0 Å². The smallest absolute Gasteiger partial charge is 0.261 e. The van der Waals surface area contributed by atoms with Crippen molar-refractivity contribution in [1.29, 1.82) is 0 Å². The van der Waals surface area contributed by atoms with Crippen molar-refractivity contribution in [2.75, 3.05) is 33.0 Å². The normalized spacial score (nSPS) is 13.3. The maximum atomic E-state index is 13.2. The molecule has 7 heteroatoms. The van der Waals surface area contributed by atoms with Crippen LogP contribution >= 0.6 is 0 Å². The summed E-state index contributed by atoms with van der Waals surface area (Å²) in [5, 5.41) is 6.02. The lowest BCUT2D eigenvalue weighted by Gasteiger charge is -2.27. The van der Waals surface area contributed by atoms with Crippen LogP contribution in [0.25, 0.3) is 38.9 Å². The third-order valence-corrected chi connectivity index (χ3v) is 7.87. The van der Waals surface area contributed by atoms with Crippen molar-refractivity contribution in [1.82, 2.24) is 9.47 Å². The minimum absolute atomic E-state index is 0.0724. The molecule has 0 saturated heterocycles. The van der Waals surface area contributed by atoms with Gasteiger partial charge in [0.2, 0.25) is 0 Å². The first-order chi connectivity index (χ1) is 19.4. The van der Waals surface area contributed by atoms with Crippen molar-refractivity contribution < 1.29 is 19.1 Å². The van der Waals surface area contributed by atoms with Crippen molar-refractivity contribution >= 4 is 50.7 Å². The second kappa shape index (κ2) is 10.3. The Labute approximate surface area is 231 Å². The van der Waals surface area contributed by atoms with Crippen molar-refractivity contribution in [3.8, 4) is 0 Å². The fourth-order valence-corrected chi connectivity index (χ4v) is 5.75. The highest BCUT2D eigenvalue weighted by Gasteiger charge is 2.32. The Morgan fingerprint density at radius 2 is 1.20 bits per heavy atom. The Morgan fingerprint density at radius 3 is 1.93 bits per heavy atom. The van der Waals surface area contributed by atoms with Crippen molar-refractivity contribution in [2.45, 2.75) is 20.4 Å². The first-order valence-corrected chi connectivity index (χ1v) is 13.5. The third kappa shape index (κ3) is 4.18. The van der Waals surface area contributed by atoms with Gasteiger partial charge in [-0.1, -0.05) is 49.0 Å². The van der Waals surface area contributed by atoms with Gasteiger partial charge in [0.05, 0.1) is 33.0 Å². The lowest BCUT2D eigenvalue weighted by atomic mass is 9.92. The van der Waals surface area contributed by atoms with Crippen LogP contribution in [0.1, 0.15) is 31.8 Å². The lowest BCUT2D eigenvalue weighted by molar-refractivity contribution is 0.0320. The highest BCUT2D eigenvalue weighted by atomic mass is 16.5. The number of aryl methyl sites for hydroxylation is 2. The molecule has 40 heavy (non-hydrogen) atoms. The lowest BCUT2D eigenvalue weighted by Crippen LogP contribution is -2.42. The summed E-state index contributed by atoms with van der Waals surface area (Å²) >= 11 is 0. The van der Waals surface area contributed by atoms with Crippen LogP contribution in [0.5, 0.6) is 0 Å². The van der Waals surface area contributed by atoms with Gasteiger partial charge in [-0.05, 0) is 53.9 Å². The summed E-state index contributed by atoms with van der Waals surface area (Å²) in [4.78, 5) is 40.6. The summed E-state index contributed by atoms with van der Waals surface area (Å²) in [6.07, 6.45) is 0. The summed E-state index contributed by atoms with van der Waals surface area (Å²) in [6, 6.07) is 19.1. The quantitative estimate of drug-likeness (QED) is 0.207. The summed E-state index contributed by atoms with van der Waals surface area (Å²) in [6.45, 7) is 9.91. The molecule has 1 aliphatic rings. The number of imide groups is 1. The molecule has 1 aliphatic heterocycles. The van der Waals surface area contributed by atoms with Gasteiger partial charge in [-0.3, -0.25) is 19.3 Å². The van der Waals surface area contributed by atoms with Crippen LogP contribution in [-0.4, -0.2) is 54.3 Å². The monoisotopic (exact) mass is 534 g/mol. The Balaban J connectivity index is 1.03.